The number of aromatic nitrogens is 1. The first kappa shape index (κ1) is 9.07. The predicted molar refractivity (Wildman–Crippen MR) is 53.6 cm³/mol. The summed E-state index contributed by atoms with van der Waals surface area (Å²) in [6.07, 6.45) is 4.15. The molecule has 0 unspecified atom stereocenters. The van der Waals surface area contributed by atoms with Crippen LogP contribution in [-0.4, -0.2) is 16.5 Å². The van der Waals surface area contributed by atoms with Gasteiger partial charge in [-0.05, 0) is 11.5 Å². The molecule has 0 aliphatic carbocycles. The Hall–Kier alpha value is -0.0200. The van der Waals surface area contributed by atoms with Crippen molar-refractivity contribution in [1.82, 2.24) is 4.98 Å². The first-order chi connectivity index (χ1) is 5.38. The molecule has 0 aliphatic rings. The molecule has 0 radical (unpaired) electrons. The van der Waals surface area contributed by atoms with Gasteiger partial charge in [-0.25, -0.2) is 0 Å². The fourth-order valence-electron chi connectivity index (χ4n) is 0.872. The van der Waals surface area contributed by atoms with Crippen LogP contribution in [0.4, 0.5) is 0 Å². The van der Waals surface area contributed by atoms with Gasteiger partial charge in [-0.1, -0.05) is 13.8 Å². The van der Waals surface area contributed by atoms with Crippen molar-refractivity contribution in [3.63, 3.8) is 0 Å². The lowest BCUT2D eigenvalue weighted by molar-refractivity contribution is 1.31. The molecule has 0 saturated heterocycles. The first-order valence-corrected chi connectivity index (χ1v) is 5.78. The maximum atomic E-state index is 3.13. The highest BCUT2D eigenvalue weighted by molar-refractivity contribution is 8.02. The third-order valence-electron chi connectivity index (χ3n) is 1.27. The summed E-state index contributed by atoms with van der Waals surface area (Å²) in [5, 5.41) is 0. The van der Waals surface area contributed by atoms with Crippen LogP contribution in [-0.2, 0) is 0 Å². The maximum absolute atomic E-state index is 3.13. The van der Waals surface area contributed by atoms with Crippen molar-refractivity contribution in [2.45, 2.75) is 23.6 Å². The van der Waals surface area contributed by atoms with Crippen molar-refractivity contribution in [2.24, 2.45) is 0 Å². The van der Waals surface area contributed by atoms with Crippen LogP contribution in [0.1, 0.15) is 13.8 Å². The molecular formula is C8H13NS2. The number of H-pyrrole nitrogens is 1. The van der Waals surface area contributed by atoms with E-state index in [2.05, 4.69) is 31.2 Å². The Morgan fingerprint density at radius 3 is 1.91 bits per heavy atom. The van der Waals surface area contributed by atoms with Crippen LogP contribution < -0.4 is 0 Å². The van der Waals surface area contributed by atoms with Crippen LogP contribution in [0.5, 0.6) is 0 Å². The predicted octanol–water partition coefficient (Wildman–Crippen LogP) is 3.24. The molecule has 1 aromatic heterocycles. The maximum Gasteiger partial charge on any atom is 0.0383 e. The summed E-state index contributed by atoms with van der Waals surface area (Å²) in [4.78, 5) is 5.90. The van der Waals surface area contributed by atoms with E-state index in [0.717, 1.165) is 11.5 Å². The SMILES string of the molecule is CCSc1c[nH]cc1SCC. The van der Waals surface area contributed by atoms with E-state index in [1.807, 2.05) is 23.5 Å². The van der Waals surface area contributed by atoms with Gasteiger partial charge in [-0.15, -0.1) is 23.5 Å². The summed E-state index contributed by atoms with van der Waals surface area (Å²) in [6.45, 7) is 4.36. The van der Waals surface area contributed by atoms with E-state index in [9.17, 15) is 0 Å². The smallest absolute Gasteiger partial charge is 0.0383 e. The molecule has 1 rings (SSSR count). The third kappa shape index (κ3) is 2.49. The normalized spacial score (nSPS) is 10.4. The second-order valence-corrected chi connectivity index (χ2v) is 4.66. The lowest BCUT2D eigenvalue weighted by atomic mass is 10.7. The van der Waals surface area contributed by atoms with Gasteiger partial charge >= 0.3 is 0 Å². The van der Waals surface area contributed by atoms with Gasteiger partial charge in [0.15, 0.2) is 0 Å². The molecule has 0 bridgehead atoms. The average molecular weight is 187 g/mol. The molecular weight excluding hydrogens is 174 g/mol. The number of rotatable bonds is 4. The Kier molecular flexibility index (Phi) is 3.94. The molecule has 1 nitrogen and oxygen atoms in total. The molecule has 3 heteroatoms. The molecule has 62 valence electrons. The second-order valence-electron chi connectivity index (χ2n) is 2.05. The molecule has 1 aromatic rings. The summed E-state index contributed by atoms with van der Waals surface area (Å²) in [5.41, 5.74) is 0. The molecule has 0 atom stereocenters. The number of nitrogens with one attached hydrogen (secondary N) is 1. The van der Waals surface area contributed by atoms with Crippen molar-refractivity contribution in [2.75, 3.05) is 11.5 Å². The van der Waals surface area contributed by atoms with Crippen LogP contribution in [0.2, 0.25) is 0 Å². The Labute approximate surface area is 76.3 Å². The minimum Gasteiger partial charge on any atom is -0.366 e. The van der Waals surface area contributed by atoms with Gasteiger partial charge in [-0.2, -0.15) is 0 Å². The summed E-state index contributed by atoms with van der Waals surface area (Å²) in [6, 6.07) is 0. The van der Waals surface area contributed by atoms with Gasteiger partial charge in [-0.3, -0.25) is 0 Å². The number of aromatic amines is 1. The fraction of sp³-hybridized carbons (Fsp3) is 0.500. The summed E-state index contributed by atoms with van der Waals surface area (Å²) >= 11 is 3.79. The topological polar surface area (TPSA) is 15.8 Å². The third-order valence-corrected chi connectivity index (χ3v) is 3.28. The van der Waals surface area contributed by atoms with E-state index in [-0.39, 0.29) is 0 Å². The van der Waals surface area contributed by atoms with Gasteiger partial charge in [0.1, 0.15) is 0 Å². The van der Waals surface area contributed by atoms with Gasteiger partial charge < -0.3 is 4.98 Å². The molecule has 1 heterocycles. The number of hydrogen-bond donors (Lipinski definition) is 1. The highest BCUT2D eigenvalue weighted by Crippen LogP contribution is 2.29. The molecule has 0 spiro atoms. The monoisotopic (exact) mass is 187 g/mol. The molecule has 0 saturated carbocycles. The number of thioether (sulfide) groups is 2. The van der Waals surface area contributed by atoms with Crippen molar-refractivity contribution < 1.29 is 0 Å². The zero-order valence-corrected chi connectivity index (χ0v) is 8.52. The minimum atomic E-state index is 1.15. The van der Waals surface area contributed by atoms with Gasteiger partial charge in [0.25, 0.3) is 0 Å². The molecule has 0 aromatic carbocycles. The van der Waals surface area contributed by atoms with E-state index < -0.39 is 0 Å². The Morgan fingerprint density at radius 1 is 1.09 bits per heavy atom. The van der Waals surface area contributed by atoms with Crippen molar-refractivity contribution >= 4 is 23.5 Å². The minimum absolute atomic E-state index is 1.15. The average Bonchev–Trinajstić information content (AvgIpc) is 2.39. The van der Waals surface area contributed by atoms with E-state index in [1.165, 1.54) is 9.79 Å². The van der Waals surface area contributed by atoms with Crippen LogP contribution in [0.15, 0.2) is 22.2 Å². The number of hydrogen-bond acceptors (Lipinski definition) is 2. The van der Waals surface area contributed by atoms with E-state index in [1.54, 1.807) is 0 Å². The zero-order chi connectivity index (χ0) is 8.10. The van der Waals surface area contributed by atoms with E-state index in [4.69, 9.17) is 0 Å². The van der Waals surface area contributed by atoms with Crippen LogP contribution in [0.25, 0.3) is 0 Å². The van der Waals surface area contributed by atoms with E-state index >= 15 is 0 Å². The van der Waals surface area contributed by atoms with Crippen LogP contribution in [0.3, 0.4) is 0 Å². The molecule has 0 fully saturated rings. The van der Waals surface area contributed by atoms with Gasteiger partial charge in [0.2, 0.25) is 0 Å². The van der Waals surface area contributed by atoms with Crippen LogP contribution >= 0.6 is 23.5 Å². The van der Waals surface area contributed by atoms with Crippen molar-refractivity contribution in [3.8, 4) is 0 Å². The molecule has 0 aliphatic heterocycles. The summed E-state index contributed by atoms with van der Waals surface area (Å²) < 4.78 is 0. The Morgan fingerprint density at radius 2 is 1.55 bits per heavy atom. The van der Waals surface area contributed by atoms with Crippen molar-refractivity contribution in [3.05, 3.63) is 12.4 Å². The highest BCUT2D eigenvalue weighted by Gasteiger charge is 2.01. The van der Waals surface area contributed by atoms with Crippen LogP contribution in [0, 0.1) is 0 Å². The van der Waals surface area contributed by atoms with Gasteiger partial charge in [0.05, 0.1) is 0 Å². The summed E-state index contributed by atoms with van der Waals surface area (Å²) in [5.74, 6) is 2.30. The molecule has 11 heavy (non-hydrogen) atoms. The largest absolute Gasteiger partial charge is 0.366 e. The Balaban J connectivity index is 2.62. The van der Waals surface area contributed by atoms with E-state index in [0.29, 0.717) is 0 Å². The molecule has 0 amide bonds. The lowest BCUT2D eigenvalue weighted by Crippen LogP contribution is -1.72. The lowest BCUT2D eigenvalue weighted by Gasteiger charge is -1.97. The molecule has 1 N–H and O–H groups in total. The fourth-order valence-corrected chi connectivity index (χ4v) is 2.55. The van der Waals surface area contributed by atoms with Gasteiger partial charge in [0, 0.05) is 22.2 Å². The first-order valence-electron chi connectivity index (χ1n) is 3.80. The van der Waals surface area contributed by atoms with Crippen molar-refractivity contribution in [1.29, 1.82) is 0 Å². The summed E-state index contributed by atoms with van der Waals surface area (Å²) in [7, 11) is 0. The highest BCUT2D eigenvalue weighted by atomic mass is 32.2. The quantitative estimate of drug-likeness (QED) is 0.728. The second kappa shape index (κ2) is 4.78. The standard InChI is InChI=1S/C8H13NS2/c1-3-10-7-5-9-6-8(7)11-4-2/h5-6,9H,3-4H2,1-2H3. The zero-order valence-electron chi connectivity index (χ0n) is 6.89. The Bertz CT molecular complexity index is 187.